The van der Waals surface area contributed by atoms with Gasteiger partial charge in [-0.2, -0.15) is 0 Å². The first kappa shape index (κ1) is 18.1. The molecular formula is C22H23N3O3. The number of nitrogens with zero attached hydrogens (tertiary/aromatic N) is 3. The summed E-state index contributed by atoms with van der Waals surface area (Å²) >= 11 is 0. The van der Waals surface area contributed by atoms with Gasteiger partial charge in [0.05, 0.1) is 19.3 Å². The van der Waals surface area contributed by atoms with Crippen LogP contribution in [0.3, 0.4) is 0 Å². The largest absolute Gasteiger partial charge is 0.497 e. The Hall–Kier alpha value is -3.28. The van der Waals surface area contributed by atoms with Gasteiger partial charge in [-0.3, -0.25) is 9.13 Å². The zero-order valence-electron chi connectivity index (χ0n) is 16.1. The van der Waals surface area contributed by atoms with Crippen molar-refractivity contribution in [2.45, 2.75) is 32.9 Å². The molecule has 1 N–H and O–H groups in total. The lowest BCUT2D eigenvalue weighted by molar-refractivity contribution is 0.408. The Balaban J connectivity index is 1.95. The van der Waals surface area contributed by atoms with Gasteiger partial charge in [-0.05, 0) is 42.3 Å². The van der Waals surface area contributed by atoms with Crippen molar-refractivity contribution in [3.05, 3.63) is 75.8 Å². The van der Waals surface area contributed by atoms with E-state index >= 15 is 0 Å². The number of unbranched alkanes of at least 4 members (excludes halogenated alkanes) is 1. The monoisotopic (exact) mass is 377 g/mol. The fraction of sp³-hybridized carbons (Fsp3) is 0.273. The summed E-state index contributed by atoms with van der Waals surface area (Å²) in [6.07, 6.45) is 1.76. The molecule has 2 heterocycles. The molecule has 0 aliphatic carbocycles. The van der Waals surface area contributed by atoms with E-state index in [0.29, 0.717) is 24.5 Å². The Kier molecular flexibility index (Phi) is 4.77. The number of imidazole rings is 1. The van der Waals surface area contributed by atoms with E-state index in [9.17, 15) is 9.90 Å². The van der Waals surface area contributed by atoms with Crippen LogP contribution in [-0.2, 0) is 13.1 Å². The second-order valence-corrected chi connectivity index (χ2v) is 6.86. The highest BCUT2D eigenvalue weighted by Gasteiger charge is 2.27. The molecule has 0 spiro atoms. The lowest BCUT2D eigenvalue weighted by Gasteiger charge is -2.08. The van der Waals surface area contributed by atoms with Crippen LogP contribution in [0.5, 0.6) is 11.6 Å². The molecule has 1 aliphatic rings. The topological polar surface area (TPSA) is 68.8 Å². The highest BCUT2D eigenvalue weighted by Crippen LogP contribution is 2.31. The molecule has 1 aliphatic heterocycles. The summed E-state index contributed by atoms with van der Waals surface area (Å²) in [5.74, 6) is 0.710. The van der Waals surface area contributed by atoms with E-state index < -0.39 is 0 Å². The van der Waals surface area contributed by atoms with Gasteiger partial charge in [0.2, 0.25) is 5.88 Å². The summed E-state index contributed by atoms with van der Waals surface area (Å²) in [4.78, 5) is 17.9. The highest BCUT2D eigenvalue weighted by atomic mass is 16.5. The van der Waals surface area contributed by atoms with Gasteiger partial charge in [0, 0.05) is 12.1 Å². The third-order valence-electron chi connectivity index (χ3n) is 5.07. The standard InChI is InChI=1S/C22H23N3O3/c1-3-4-13-24-21(26)20-19(15-9-11-17(28-2)12-10-15)23-18-8-6-5-7-16(18)14-25(20)22(24)27/h5-12,26H,3-4,13-14H2,1-2H3. The molecule has 0 saturated heterocycles. The van der Waals surface area contributed by atoms with Crippen molar-refractivity contribution in [2.75, 3.05) is 7.11 Å². The van der Waals surface area contributed by atoms with Crippen LogP contribution in [-0.4, -0.2) is 27.1 Å². The van der Waals surface area contributed by atoms with Gasteiger partial charge in [0.25, 0.3) is 0 Å². The minimum atomic E-state index is -0.209. The quantitative estimate of drug-likeness (QED) is 0.577. The van der Waals surface area contributed by atoms with E-state index in [-0.39, 0.29) is 11.6 Å². The third-order valence-corrected chi connectivity index (χ3v) is 5.07. The Morgan fingerprint density at radius 2 is 1.89 bits per heavy atom. The first-order chi connectivity index (χ1) is 13.6. The van der Waals surface area contributed by atoms with Crippen molar-refractivity contribution in [3.63, 3.8) is 0 Å². The van der Waals surface area contributed by atoms with Gasteiger partial charge in [0.15, 0.2) is 0 Å². The average molecular weight is 377 g/mol. The van der Waals surface area contributed by atoms with Crippen LogP contribution < -0.4 is 10.4 Å². The first-order valence-electron chi connectivity index (χ1n) is 9.47. The summed E-state index contributed by atoms with van der Waals surface area (Å²) in [5, 5.41) is 11.0. The number of ether oxygens (including phenoxy) is 1. The van der Waals surface area contributed by atoms with Crippen molar-refractivity contribution >= 4 is 11.4 Å². The van der Waals surface area contributed by atoms with E-state index in [0.717, 1.165) is 35.4 Å². The molecule has 0 atom stereocenters. The second-order valence-electron chi connectivity index (χ2n) is 6.86. The molecule has 2 aromatic carbocycles. The molecule has 0 fully saturated rings. The van der Waals surface area contributed by atoms with Crippen molar-refractivity contribution in [2.24, 2.45) is 4.99 Å². The fourth-order valence-electron chi connectivity index (χ4n) is 3.53. The summed E-state index contributed by atoms with van der Waals surface area (Å²) in [6, 6.07) is 15.2. The normalized spacial score (nSPS) is 12.7. The zero-order chi connectivity index (χ0) is 19.7. The summed E-state index contributed by atoms with van der Waals surface area (Å²) in [6.45, 7) is 2.92. The smallest absolute Gasteiger partial charge is 0.331 e. The van der Waals surface area contributed by atoms with Crippen molar-refractivity contribution in [3.8, 4) is 11.6 Å². The lowest BCUT2D eigenvalue weighted by atomic mass is 10.1. The maximum Gasteiger partial charge on any atom is 0.331 e. The van der Waals surface area contributed by atoms with Crippen LogP contribution in [0.1, 0.15) is 36.6 Å². The van der Waals surface area contributed by atoms with Gasteiger partial charge < -0.3 is 9.84 Å². The SMILES string of the molecule is CCCCn1c(O)c2n(c1=O)Cc1ccccc1N=C2c1ccc(OC)cc1. The Bertz CT molecular complexity index is 1090. The number of rotatable bonds is 5. The van der Waals surface area contributed by atoms with E-state index in [1.807, 2.05) is 48.5 Å². The van der Waals surface area contributed by atoms with Gasteiger partial charge in [-0.15, -0.1) is 0 Å². The van der Waals surface area contributed by atoms with E-state index in [1.54, 1.807) is 11.7 Å². The van der Waals surface area contributed by atoms with Crippen LogP contribution in [0.4, 0.5) is 5.69 Å². The molecule has 4 rings (SSSR count). The number of fused-ring (bicyclic) bond motifs is 2. The number of para-hydroxylation sites is 1. The third kappa shape index (κ3) is 3.01. The molecule has 0 bridgehead atoms. The predicted octanol–water partition coefficient (Wildman–Crippen LogP) is 3.69. The number of hydrogen-bond acceptors (Lipinski definition) is 4. The number of benzene rings is 2. The van der Waals surface area contributed by atoms with Crippen molar-refractivity contribution < 1.29 is 9.84 Å². The molecule has 144 valence electrons. The second kappa shape index (κ2) is 7.38. The molecule has 3 aromatic rings. The molecule has 0 amide bonds. The minimum absolute atomic E-state index is 0.0270. The lowest BCUT2D eigenvalue weighted by Crippen LogP contribution is -2.26. The molecule has 6 heteroatoms. The van der Waals surface area contributed by atoms with Crippen molar-refractivity contribution in [1.29, 1.82) is 0 Å². The first-order valence-corrected chi connectivity index (χ1v) is 9.47. The predicted molar refractivity (Wildman–Crippen MR) is 109 cm³/mol. The maximum atomic E-state index is 13.1. The van der Waals surface area contributed by atoms with Gasteiger partial charge in [-0.1, -0.05) is 31.5 Å². The van der Waals surface area contributed by atoms with E-state index in [2.05, 4.69) is 6.92 Å². The molecule has 0 unspecified atom stereocenters. The van der Waals surface area contributed by atoms with Gasteiger partial charge >= 0.3 is 5.69 Å². The minimum Gasteiger partial charge on any atom is -0.497 e. The molecule has 6 nitrogen and oxygen atoms in total. The fourth-order valence-corrected chi connectivity index (χ4v) is 3.53. The van der Waals surface area contributed by atoms with Crippen LogP contribution in [0, 0.1) is 0 Å². The highest BCUT2D eigenvalue weighted by molar-refractivity contribution is 6.14. The molecule has 0 radical (unpaired) electrons. The van der Waals surface area contributed by atoms with Crippen LogP contribution in [0.25, 0.3) is 0 Å². The molecule has 0 saturated carbocycles. The number of hydrogen-bond donors (Lipinski definition) is 1. The zero-order valence-corrected chi connectivity index (χ0v) is 16.1. The number of aliphatic imine (C=N–C) groups is 1. The Morgan fingerprint density at radius 1 is 1.14 bits per heavy atom. The number of methoxy groups -OCH3 is 1. The average Bonchev–Trinajstić information content (AvgIpc) is 2.86. The number of aromatic hydroxyl groups is 1. The Morgan fingerprint density at radius 3 is 2.61 bits per heavy atom. The van der Waals surface area contributed by atoms with Crippen molar-refractivity contribution in [1.82, 2.24) is 9.13 Å². The van der Waals surface area contributed by atoms with Gasteiger partial charge in [0.1, 0.15) is 17.2 Å². The van der Waals surface area contributed by atoms with Crippen LogP contribution in [0.15, 0.2) is 58.3 Å². The Labute approximate surface area is 163 Å². The number of aromatic nitrogens is 2. The van der Waals surface area contributed by atoms with Crippen LogP contribution in [0.2, 0.25) is 0 Å². The van der Waals surface area contributed by atoms with E-state index in [1.165, 1.54) is 4.57 Å². The molecule has 28 heavy (non-hydrogen) atoms. The van der Waals surface area contributed by atoms with E-state index in [4.69, 9.17) is 9.73 Å². The molecular weight excluding hydrogens is 354 g/mol. The summed E-state index contributed by atoms with van der Waals surface area (Å²) in [7, 11) is 1.62. The maximum absolute atomic E-state index is 13.1. The summed E-state index contributed by atoms with van der Waals surface area (Å²) < 4.78 is 8.32. The van der Waals surface area contributed by atoms with Gasteiger partial charge in [-0.25, -0.2) is 9.79 Å². The van der Waals surface area contributed by atoms with Crippen LogP contribution >= 0.6 is 0 Å². The summed E-state index contributed by atoms with van der Waals surface area (Å²) in [5.41, 5.74) is 3.39. The molecule has 1 aromatic heterocycles.